The second-order valence-corrected chi connectivity index (χ2v) is 10.6. The summed E-state index contributed by atoms with van der Waals surface area (Å²) in [6.07, 6.45) is 1.05. The molecule has 0 spiro atoms. The van der Waals surface area contributed by atoms with Crippen LogP contribution in [0.3, 0.4) is 0 Å². The highest BCUT2D eigenvalue weighted by atomic mass is 32.1. The predicted octanol–water partition coefficient (Wildman–Crippen LogP) is 5.48. The van der Waals surface area contributed by atoms with Crippen molar-refractivity contribution in [2.24, 2.45) is 0 Å². The number of aromatic nitrogens is 1. The van der Waals surface area contributed by atoms with Gasteiger partial charge in [-0.2, -0.15) is 0 Å². The van der Waals surface area contributed by atoms with E-state index < -0.39 is 5.92 Å². The molecular weight excluding hydrogens is 514 g/mol. The van der Waals surface area contributed by atoms with E-state index >= 15 is 0 Å². The van der Waals surface area contributed by atoms with Crippen molar-refractivity contribution in [2.45, 2.75) is 38.5 Å². The molecule has 1 aromatic carbocycles. The SMILES string of the molecule is COc1cc([C@@H]2C(C(=O)Nc3cccc(C)n3)=C(C)NC3=C2C(=O)C[C@H](c2cccs2)C3)cc(OC)c1OC. The lowest BCUT2D eigenvalue weighted by Gasteiger charge is -2.37. The number of anilines is 1. The number of benzene rings is 1. The maximum absolute atomic E-state index is 13.9. The van der Waals surface area contributed by atoms with E-state index in [9.17, 15) is 9.59 Å². The molecule has 0 fully saturated rings. The number of nitrogens with zero attached hydrogens (tertiary/aromatic N) is 1. The van der Waals surface area contributed by atoms with Gasteiger partial charge >= 0.3 is 0 Å². The Kier molecular flexibility index (Phi) is 7.43. The largest absolute Gasteiger partial charge is 0.493 e. The molecule has 0 bridgehead atoms. The lowest BCUT2D eigenvalue weighted by atomic mass is 9.72. The Morgan fingerprint density at radius 3 is 2.38 bits per heavy atom. The van der Waals surface area contributed by atoms with Gasteiger partial charge in [-0.1, -0.05) is 12.1 Å². The van der Waals surface area contributed by atoms with E-state index in [1.165, 1.54) is 4.88 Å². The number of carbonyl (C=O) groups is 2. The third-order valence-corrected chi connectivity index (χ3v) is 8.20. The number of thiophene rings is 1. The lowest BCUT2D eigenvalue weighted by molar-refractivity contribution is -0.116. The molecule has 0 saturated heterocycles. The zero-order valence-electron chi connectivity index (χ0n) is 22.6. The maximum Gasteiger partial charge on any atom is 0.255 e. The number of ether oxygens (including phenoxy) is 3. The Hall–Kier alpha value is -4.11. The molecule has 0 saturated carbocycles. The average molecular weight is 546 g/mol. The molecular formula is C30H31N3O5S. The number of pyridine rings is 1. The van der Waals surface area contributed by atoms with Gasteiger partial charge in [-0.3, -0.25) is 9.59 Å². The van der Waals surface area contributed by atoms with E-state index in [2.05, 4.69) is 21.7 Å². The van der Waals surface area contributed by atoms with E-state index in [0.717, 1.165) is 11.4 Å². The van der Waals surface area contributed by atoms with Crippen LogP contribution in [0.15, 0.2) is 70.4 Å². The maximum atomic E-state index is 13.9. The Morgan fingerprint density at radius 2 is 1.77 bits per heavy atom. The molecule has 1 aliphatic carbocycles. The van der Waals surface area contributed by atoms with Crippen LogP contribution in [-0.4, -0.2) is 38.0 Å². The molecule has 3 heterocycles. The van der Waals surface area contributed by atoms with Gasteiger partial charge in [0.25, 0.3) is 5.91 Å². The van der Waals surface area contributed by atoms with Crippen molar-refractivity contribution in [1.29, 1.82) is 0 Å². The number of carbonyl (C=O) groups excluding carboxylic acids is 2. The van der Waals surface area contributed by atoms with Crippen molar-refractivity contribution < 1.29 is 23.8 Å². The second-order valence-electron chi connectivity index (χ2n) is 9.61. The van der Waals surface area contributed by atoms with Gasteiger partial charge in [0.1, 0.15) is 5.82 Å². The number of Topliss-reactive ketones (excluding diaryl/α,β-unsaturated/α-hetero) is 1. The molecule has 2 atom stereocenters. The van der Waals surface area contributed by atoms with Gasteiger partial charge in [0.15, 0.2) is 17.3 Å². The summed E-state index contributed by atoms with van der Waals surface area (Å²) < 4.78 is 16.8. The number of rotatable bonds is 7. The van der Waals surface area contributed by atoms with E-state index in [1.807, 2.05) is 49.6 Å². The number of methoxy groups -OCH3 is 3. The Bertz CT molecular complexity index is 1470. The van der Waals surface area contributed by atoms with Gasteiger partial charge in [-0.05, 0) is 61.5 Å². The van der Waals surface area contributed by atoms with Crippen molar-refractivity contribution in [1.82, 2.24) is 10.3 Å². The van der Waals surface area contributed by atoms with Gasteiger partial charge < -0.3 is 24.8 Å². The van der Waals surface area contributed by atoms with E-state index in [0.29, 0.717) is 58.3 Å². The topological polar surface area (TPSA) is 98.8 Å². The normalized spacial score (nSPS) is 18.8. The lowest BCUT2D eigenvalue weighted by Crippen LogP contribution is -2.37. The summed E-state index contributed by atoms with van der Waals surface area (Å²) in [5.41, 5.74) is 4.03. The van der Waals surface area contributed by atoms with Crippen molar-refractivity contribution >= 4 is 28.8 Å². The molecule has 3 aromatic rings. The smallest absolute Gasteiger partial charge is 0.255 e. The first-order valence-electron chi connectivity index (χ1n) is 12.7. The highest BCUT2D eigenvalue weighted by Crippen LogP contribution is 2.49. The molecule has 0 unspecified atom stereocenters. The molecule has 2 aromatic heterocycles. The fraction of sp³-hybridized carbons (Fsp3) is 0.300. The fourth-order valence-corrected chi connectivity index (χ4v) is 6.29. The van der Waals surface area contributed by atoms with Crippen LogP contribution in [0.2, 0.25) is 0 Å². The Labute approximate surface area is 231 Å². The molecule has 2 aliphatic rings. The minimum Gasteiger partial charge on any atom is -0.493 e. The van der Waals surface area contributed by atoms with Crippen molar-refractivity contribution in [2.75, 3.05) is 26.6 Å². The van der Waals surface area contributed by atoms with Gasteiger partial charge in [0.2, 0.25) is 5.75 Å². The summed E-state index contributed by atoms with van der Waals surface area (Å²) in [7, 11) is 4.63. The van der Waals surface area contributed by atoms with E-state index in [1.54, 1.807) is 38.7 Å². The van der Waals surface area contributed by atoms with Gasteiger partial charge in [-0.25, -0.2) is 4.98 Å². The molecule has 39 heavy (non-hydrogen) atoms. The van der Waals surface area contributed by atoms with Crippen molar-refractivity contribution in [3.63, 3.8) is 0 Å². The number of amides is 1. The monoisotopic (exact) mass is 545 g/mol. The number of ketones is 1. The van der Waals surface area contributed by atoms with Gasteiger partial charge in [-0.15, -0.1) is 11.3 Å². The van der Waals surface area contributed by atoms with Crippen LogP contribution < -0.4 is 24.8 Å². The number of hydrogen-bond donors (Lipinski definition) is 2. The summed E-state index contributed by atoms with van der Waals surface area (Å²) in [4.78, 5) is 33.4. The number of hydrogen-bond acceptors (Lipinski definition) is 8. The zero-order valence-corrected chi connectivity index (χ0v) is 23.4. The third kappa shape index (κ3) is 5.02. The number of allylic oxidation sites excluding steroid dienone is 3. The van der Waals surface area contributed by atoms with Crippen LogP contribution in [0.4, 0.5) is 5.82 Å². The quantitative estimate of drug-likeness (QED) is 0.406. The first kappa shape index (κ1) is 26.5. The van der Waals surface area contributed by atoms with Crippen molar-refractivity contribution in [3.8, 4) is 17.2 Å². The zero-order chi connectivity index (χ0) is 27.7. The van der Waals surface area contributed by atoms with Gasteiger partial charge in [0.05, 0.1) is 21.3 Å². The van der Waals surface area contributed by atoms with E-state index in [4.69, 9.17) is 14.2 Å². The molecule has 0 radical (unpaired) electrons. The van der Waals surface area contributed by atoms with Crippen LogP contribution in [0.5, 0.6) is 17.2 Å². The first-order chi connectivity index (χ1) is 18.8. The summed E-state index contributed by atoms with van der Waals surface area (Å²) in [5, 5.41) is 8.39. The average Bonchev–Trinajstić information content (AvgIpc) is 3.46. The second kappa shape index (κ2) is 10.9. The van der Waals surface area contributed by atoms with Crippen molar-refractivity contribution in [3.05, 3.63) is 86.5 Å². The molecule has 5 rings (SSSR count). The summed E-state index contributed by atoms with van der Waals surface area (Å²) in [5.74, 6) is 0.895. The molecule has 9 heteroatoms. The van der Waals surface area contributed by atoms with Crippen LogP contribution >= 0.6 is 11.3 Å². The molecule has 202 valence electrons. The minimum absolute atomic E-state index is 0.00684. The molecule has 1 amide bonds. The molecule has 2 N–H and O–H groups in total. The minimum atomic E-state index is -0.642. The summed E-state index contributed by atoms with van der Waals surface area (Å²) in [6, 6.07) is 13.2. The Balaban J connectivity index is 1.65. The predicted molar refractivity (Wildman–Crippen MR) is 151 cm³/mol. The summed E-state index contributed by atoms with van der Waals surface area (Å²) in [6.45, 7) is 3.73. The van der Waals surface area contributed by atoms with E-state index in [-0.39, 0.29) is 17.6 Å². The van der Waals surface area contributed by atoms with Crippen LogP contribution in [-0.2, 0) is 9.59 Å². The highest BCUT2D eigenvalue weighted by molar-refractivity contribution is 7.10. The first-order valence-corrected chi connectivity index (χ1v) is 13.5. The van der Waals surface area contributed by atoms with Crippen LogP contribution in [0.25, 0.3) is 0 Å². The number of dihydropyridines is 1. The summed E-state index contributed by atoms with van der Waals surface area (Å²) >= 11 is 1.66. The third-order valence-electron chi connectivity index (χ3n) is 7.17. The van der Waals surface area contributed by atoms with Gasteiger partial charge in [0, 0.05) is 51.4 Å². The van der Waals surface area contributed by atoms with Crippen LogP contribution in [0.1, 0.15) is 47.7 Å². The molecule has 8 nitrogen and oxygen atoms in total. The standard InChI is InChI=1S/C30H31N3O5S/c1-16-8-6-10-25(31-16)33-30(35)26-17(2)32-20-12-18(24-9-7-11-39-24)13-21(34)28(20)27(26)19-14-22(36-3)29(38-5)23(15-19)37-4/h6-11,14-15,18,27,32H,12-13H2,1-5H3,(H,31,33,35)/t18-,27-/m1/s1. The van der Waals surface area contributed by atoms with Crippen LogP contribution in [0, 0.1) is 6.92 Å². The number of nitrogens with one attached hydrogen (secondary N) is 2. The number of aryl methyl sites for hydroxylation is 1. The molecule has 1 aliphatic heterocycles. The highest BCUT2D eigenvalue weighted by Gasteiger charge is 2.41. The Morgan fingerprint density at radius 1 is 1.03 bits per heavy atom. The fourth-order valence-electron chi connectivity index (χ4n) is 5.46.